The van der Waals surface area contributed by atoms with E-state index >= 15 is 0 Å². The average molecular weight is 352 g/mol. The van der Waals surface area contributed by atoms with Gasteiger partial charge in [-0.3, -0.25) is 9.48 Å². The molecule has 2 rings (SSSR count). The van der Waals surface area contributed by atoms with Gasteiger partial charge in [0.15, 0.2) is 5.69 Å². The van der Waals surface area contributed by atoms with Crippen LogP contribution < -0.4 is 5.32 Å². The van der Waals surface area contributed by atoms with E-state index in [-0.39, 0.29) is 22.9 Å². The second-order valence-electron chi connectivity index (χ2n) is 4.31. The van der Waals surface area contributed by atoms with Crippen molar-refractivity contribution in [2.45, 2.75) is 19.6 Å². The van der Waals surface area contributed by atoms with Gasteiger partial charge in [0.1, 0.15) is 5.69 Å². The Kier molecular flexibility index (Phi) is 4.67. The molecule has 0 saturated heterocycles. The summed E-state index contributed by atoms with van der Waals surface area (Å²) in [5.74, 6) is -0.742. The Bertz CT molecular complexity index is 713. The molecule has 2 aromatic rings. The third-order valence-corrected chi connectivity index (χ3v) is 3.33. The van der Waals surface area contributed by atoms with Gasteiger partial charge in [-0.15, -0.1) is 0 Å². The fourth-order valence-corrected chi connectivity index (χ4v) is 2.21. The van der Waals surface area contributed by atoms with Gasteiger partial charge in [-0.2, -0.15) is 18.3 Å². The van der Waals surface area contributed by atoms with Crippen LogP contribution in [0.25, 0.3) is 0 Å². The lowest BCUT2D eigenvalue weighted by Gasteiger charge is -2.08. The molecule has 0 aliphatic carbocycles. The van der Waals surface area contributed by atoms with Crippen LogP contribution in [0.15, 0.2) is 24.3 Å². The zero-order chi connectivity index (χ0) is 16.5. The standard InChI is InChI=1S/C13H10Cl2F3N3O/c1-2-21-10(6-11(20-21)13(16,17)18)12(22)19-9-4-3-7(14)5-8(9)15/h3-6H,2H2,1H3,(H,19,22). The highest BCUT2D eigenvalue weighted by atomic mass is 35.5. The number of halogens is 5. The molecule has 0 saturated carbocycles. The largest absolute Gasteiger partial charge is 0.435 e. The van der Waals surface area contributed by atoms with E-state index in [1.807, 2.05) is 0 Å². The minimum absolute atomic E-state index is 0.118. The SMILES string of the molecule is CCn1nc(C(F)(F)F)cc1C(=O)Nc1ccc(Cl)cc1Cl. The molecule has 0 fully saturated rings. The third-order valence-electron chi connectivity index (χ3n) is 2.78. The maximum atomic E-state index is 12.7. The number of amides is 1. The number of aromatic nitrogens is 2. The van der Waals surface area contributed by atoms with Crippen LogP contribution in [0.4, 0.5) is 18.9 Å². The van der Waals surface area contributed by atoms with E-state index in [2.05, 4.69) is 10.4 Å². The number of carbonyl (C=O) groups is 1. The van der Waals surface area contributed by atoms with Crippen molar-refractivity contribution in [3.05, 3.63) is 45.7 Å². The van der Waals surface area contributed by atoms with Gasteiger partial charge < -0.3 is 5.32 Å². The lowest BCUT2D eigenvalue weighted by Crippen LogP contribution is -2.17. The van der Waals surface area contributed by atoms with Crippen LogP contribution in [0.3, 0.4) is 0 Å². The van der Waals surface area contributed by atoms with E-state index in [4.69, 9.17) is 23.2 Å². The number of hydrogen-bond acceptors (Lipinski definition) is 2. The molecule has 0 aliphatic heterocycles. The van der Waals surface area contributed by atoms with Crippen LogP contribution in [0.1, 0.15) is 23.1 Å². The number of benzene rings is 1. The number of rotatable bonds is 3. The van der Waals surface area contributed by atoms with Crippen LogP contribution in [-0.2, 0) is 12.7 Å². The molecule has 1 amide bonds. The van der Waals surface area contributed by atoms with Gasteiger partial charge in [0.25, 0.3) is 5.91 Å². The number of hydrogen-bond donors (Lipinski definition) is 1. The van der Waals surface area contributed by atoms with Gasteiger partial charge in [0.05, 0.1) is 10.7 Å². The number of nitrogens with one attached hydrogen (secondary N) is 1. The maximum Gasteiger partial charge on any atom is 0.435 e. The van der Waals surface area contributed by atoms with Crippen molar-refractivity contribution in [2.75, 3.05) is 5.32 Å². The molecule has 0 unspecified atom stereocenters. The summed E-state index contributed by atoms with van der Waals surface area (Å²) in [6.45, 7) is 1.70. The predicted octanol–water partition coefficient (Wildman–Crippen LogP) is 4.48. The van der Waals surface area contributed by atoms with Crippen molar-refractivity contribution in [1.29, 1.82) is 0 Å². The molecule has 0 aliphatic rings. The van der Waals surface area contributed by atoms with E-state index in [1.54, 1.807) is 6.92 Å². The van der Waals surface area contributed by atoms with Crippen LogP contribution in [0.2, 0.25) is 10.0 Å². The molecule has 118 valence electrons. The maximum absolute atomic E-state index is 12.7. The highest BCUT2D eigenvalue weighted by molar-refractivity contribution is 6.36. The van der Waals surface area contributed by atoms with Gasteiger partial charge in [0.2, 0.25) is 0 Å². The number of anilines is 1. The highest BCUT2D eigenvalue weighted by Crippen LogP contribution is 2.29. The first-order valence-electron chi connectivity index (χ1n) is 6.13. The first-order chi connectivity index (χ1) is 10.2. The smallest absolute Gasteiger partial charge is 0.319 e. The van der Waals surface area contributed by atoms with Gasteiger partial charge in [-0.25, -0.2) is 0 Å². The summed E-state index contributed by atoms with van der Waals surface area (Å²) in [4.78, 5) is 12.1. The zero-order valence-corrected chi connectivity index (χ0v) is 12.7. The molecule has 22 heavy (non-hydrogen) atoms. The molecule has 1 aromatic heterocycles. The first kappa shape index (κ1) is 16.6. The Morgan fingerprint density at radius 3 is 2.55 bits per heavy atom. The number of alkyl halides is 3. The summed E-state index contributed by atoms with van der Waals surface area (Å²) in [5, 5.41) is 6.37. The predicted molar refractivity (Wildman–Crippen MR) is 77.3 cm³/mol. The Morgan fingerprint density at radius 2 is 2.00 bits per heavy atom. The number of nitrogens with zero attached hydrogens (tertiary/aromatic N) is 2. The molecule has 0 atom stereocenters. The van der Waals surface area contributed by atoms with Crippen molar-refractivity contribution in [1.82, 2.24) is 9.78 Å². The van der Waals surface area contributed by atoms with Crippen molar-refractivity contribution < 1.29 is 18.0 Å². The molecular weight excluding hydrogens is 342 g/mol. The van der Waals surface area contributed by atoms with E-state index in [0.29, 0.717) is 11.1 Å². The van der Waals surface area contributed by atoms with E-state index in [0.717, 1.165) is 4.68 Å². The van der Waals surface area contributed by atoms with Crippen LogP contribution in [0, 0.1) is 0 Å². The number of carbonyl (C=O) groups excluding carboxylic acids is 1. The summed E-state index contributed by atoms with van der Waals surface area (Å²) in [6, 6.07) is 5.07. The minimum Gasteiger partial charge on any atom is -0.319 e. The van der Waals surface area contributed by atoms with Crippen LogP contribution in [-0.4, -0.2) is 15.7 Å². The fraction of sp³-hybridized carbons (Fsp3) is 0.231. The Balaban J connectivity index is 2.31. The van der Waals surface area contributed by atoms with E-state index in [9.17, 15) is 18.0 Å². The molecule has 0 radical (unpaired) electrons. The molecule has 1 N–H and O–H groups in total. The summed E-state index contributed by atoms with van der Waals surface area (Å²) < 4.78 is 39.0. The van der Waals surface area contributed by atoms with Crippen LogP contribution >= 0.6 is 23.2 Å². The normalized spacial score (nSPS) is 11.5. The lowest BCUT2D eigenvalue weighted by atomic mass is 10.3. The van der Waals surface area contributed by atoms with Gasteiger partial charge in [0, 0.05) is 17.6 Å². The molecule has 4 nitrogen and oxygen atoms in total. The summed E-state index contributed by atoms with van der Waals surface area (Å²) in [7, 11) is 0. The zero-order valence-electron chi connectivity index (χ0n) is 11.2. The van der Waals surface area contributed by atoms with Crippen molar-refractivity contribution in [3.8, 4) is 0 Å². The van der Waals surface area contributed by atoms with Crippen molar-refractivity contribution in [3.63, 3.8) is 0 Å². The third kappa shape index (κ3) is 3.53. The molecule has 0 spiro atoms. The Morgan fingerprint density at radius 1 is 1.32 bits per heavy atom. The van der Waals surface area contributed by atoms with Gasteiger partial charge in [-0.1, -0.05) is 23.2 Å². The topological polar surface area (TPSA) is 46.9 Å². The fourth-order valence-electron chi connectivity index (χ4n) is 1.76. The second-order valence-corrected chi connectivity index (χ2v) is 5.15. The lowest BCUT2D eigenvalue weighted by molar-refractivity contribution is -0.141. The van der Waals surface area contributed by atoms with E-state index < -0.39 is 17.8 Å². The molecular formula is C13H10Cl2F3N3O. The molecule has 9 heteroatoms. The summed E-state index contributed by atoms with van der Waals surface area (Å²) in [5.41, 5.74) is -1.09. The Hall–Kier alpha value is -1.73. The van der Waals surface area contributed by atoms with Crippen molar-refractivity contribution in [2.24, 2.45) is 0 Å². The number of aryl methyl sites for hydroxylation is 1. The quantitative estimate of drug-likeness (QED) is 0.885. The molecule has 1 heterocycles. The second kappa shape index (κ2) is 6.18. The summed E-state index contributed by atoms with van der Waals surface area (Å²) >= 11 is 11.6. The van der Waals surface area contributed by atoms with Gasteiger partial charge >= 0.3 is 6.18 Å². The monoisotopic (exact) mass is 351 g/mol. The van der Waals surface area contributed by atoms with Gasteiger partial charge in [-0.05, 0) is 25.1 Å². The molecule has 0 bridgehead atoms. The highest BCUT2D eigenvalue weighted by Gasteiger charge is 2.35. The van der Waals surface area contributed by atoms with E-state index in [1.165, 1.54) is 18.2 Å². The first-order valence-corrected chi connectivity index (χ1v) is 6.89. The average Bonchev–Trinajstić information content (AvgIpc) is 2.86. The molecule has 1 aromatic carbocycles. The summed E-state index contributed by atoms with van der Waals surface area (Å²) in [6.07, 6.45) is -4.62. The minimum atomic E-state index is -4.62. The van der Waals surface area contributed by atoms with Crippen LogP contribution in [0.5, 0.6) is 0 Å². The van der Waals surface area contributed by atoms with Crippen molar-refractivity contribution >= 4 is 34.8 Å². The Labute approximate surface area is 133 Å².